The molecule has 1 atom stereocenters. The fourth-order valence-corrected chi connectivity index (χ4v) is 4.42. The van der Waals surface area contributed by atoms with E-state index in [0.29, 0.717) is 6.04 Å². The Hall–Kier alpha value is -2.64. The summed E-state index contributed by atoms with van der Waals surface area (Å²) in [7, 11) is 0. The molecule has 2 aromatic rings. The Morgan fingerprint density at radius 3 is 2.33 bits per heavy atom. The van der Waals surface area contributed by atoms with Gasteiger partial charge in [-0.15, -0.1) is 0 Å². The highest BCUT2D eigenvalue weighted by atomic mass is 32.2. The van der Waals surface area contributed by atoms with Crippen molar-refractivity contribution >= 4 is 23.4 Å². The highest BCUT2D eigenvalue weighted by Gasteiger charge is 2.18. The summed E-state index contributed by atoms with van der Waals surface area (Å²) < 4.78 is 4.95. The molecule has 3 rings (SSSR count). The summed E-state index contributed by atoms with van der Waals surface area (Å²) in [5, 5.41) is 0.267. The van der Waals surface area contributed by atoms with Gasteiger partial charge in [-0.1, -0.05) is 36.0 Å². The number of nitrogens with two attached hydrogens (primary N) is 2. The van der Waals surface area contributed by atoms with E-state index in [1.165, 1.54) is 42.3 Å². The van der Waals surface area contributed by atoms with E-state index in [-0.39, 0.29) is 17.3 Å². The summed E-state index contributed by atoms with van der Waals surface area (Å²) in [6.07, 6.45) is 3.85. The number of piperidine rings is 1. The Bertz CT molecular complexity index is 881. The second kappa shape index (κ2) is 10.4. The standard InChI is InChI=1S/C23H30N4O2S/c1-3-29-23(28)21(26-25)22(24)30-20-13-9-18(10-14-20)17-7-11-19(12-8-17)27-15-5-4-6-16(27)2/h7-14,16,26H,3-6,15,24-25H2,1-2H3/b22-21+. The number of hydrogen-bond acceptors (Lipinski definition) is 7. The molecule has 30 heavy (non-hydrogen) atoms. The quantitative estimate of drug-likeness (QED) is 0.203. The van der Waals surface area contributed by atoms with Crippen LogP contribution in [0.4, 0.5) is 5.69 Å². The number of anilines is 1. The maximum atomic E-state index is 11.9. The minimum absolute atomic E-state index is 0.0634. The van der Waals surface area contributed by atoms with Crippen LogP contribution in [0.1, 0.15) is 33.1 Å². The molecule has 0 radical (unpaired) electrons. The van der Waals surface area contributed by atoms with Gasteiger partial charge in [-0.05, 0) is 68.5 Å². The molecule has 1 unspecified atom stereocenters. The van der Waals surface area contributed by atoms with Crippen LogP contribution >= 0.6 is 11.8 Å². The largest absolute Gasteiger partial charge is 0.461 e. The van der Waals surface area contributed by atoms with Crippen molar-refractivity contribution in [3.8, 4) is 11.1 Å². The number of esters is 1. The molecule has 0 spiro atoms. The predicted octanol–water partition coefficient (Wildman–Crippen LogP) is 3.98. The van der Waals surface area contributed by atoms with Crippen molar-refractivity contribution in [3.63, 3.8) is 0 Å². The van der Waals surface area contributed by atoms with Crippen molar-refractivity contribution in [2.75, 3.05) is 18.1 Å². The first kappa shape index (κ1) is 22.1. The first-order valence-electron chi connectivity index (χ1n) is 10.3. The maximum absolute atomic E-state index is 11.9. The average molecular weight is 427 g/mol. The minimum atomic E-state index is -0.565. The first-order valence-corrected chi connectivity index (χ1v) is 11.1. The lowest BCUT2D eigenvalue weighted by molar-refractivity contribution is -0.139. The van der Waals surface area contributed by atoms with E-state index in [9.17, 15) is 4.79 Å². The molecule has 0 aromatic heterocycles. The third-order valence-electron chi connectivity index (χ3n) is 5.29. The number of hydrogen-bond donors (Lipinski definition) is 3. The summed E-state index contributed by atoms with van der Waals surface area (Å²) in [5.74, 6) is 4.86. The SMILES string of the molecule is CCOC(=O)/C(NN)=C(/N)Sc1ccc(-c2ccc(N3CCCCC3C)cc2)cc1. The zero-order valence-electron chi connectivity index (χ0n) is 17.6. The van der Waals surface area contributed by atoms with Crippen LogP contribution in [0.2, 0.25) is 0 Å². The molecule has 0 amide bonds. The zero-order chi connectivity index (χ0) is 21.5. The minimum Gasteiger partial charge on any atom is -0.461 e. The van der Waals surface area contributed by atoms with Gasteiger partial charge in [0, 0.05) is 23.2 Å². The van der Waals surface area contributed by atoms with E-state index in [4.69, 9.17) is 16.3 Å². The van der Waals surface area contributed by atoms with E-state index in [1.807, 2.05) is 24.3 Å². The summed E-state index contributed by atoms with van der Waals surface area (Å²) in [5.41, 5.74) is 12.0. The molecule has 1 aliphatic rings. The number of carbonyl (C=O) groups excluding carboxylic acids is 1. The Labute approximate surface area is 182 Å². The monoisotopic (exact) mass is 426 g/mol. The number of ether oxygens (including phenoxy) is 1. The van der Waals surface area contributed by atoms with Gasteiger partial charge in [-0.25, -0.2) is 4.79 Å². The second-order valence-electron chi connectivity index (χ2n) is 7.32. The van der Waals surface area contributed by atoms with Gasteiger partial charge >= 0.3 is 5.97 Å². The number of thioether (sulfide) groups is 1. The lowest BCUT2D eigenvalue weighted by Crippen LogP contribution is -2.37. The Morgan fingerprint density at radius 1 is 1.13 bits per heavy atom. The van der Waals surface area contributed by atoms with Crippen LogP contribution in [-0.4, -0.2) is 25.2 Å². The van der Waals surface area contributed by atoms with Crippen LogP contribution in [0.3, 0.4) is 0 Å². The van der Waals surface area contributed by atoms with Gasteiger partial charge in [0.2, 0.25) is 0 Å². The molecule has 1 aliphatic heterocycles. The number of carbonyl (C=O) groups is 1. The Morgan fingerprint density at radius 2 is 1.77 bits per heavy atom. The topological polar surface area (TPSA) is 93.6 Å². The maximum Gasteiger partial charge on any atom is 0.358 e. The molecule has 1 saturated heterocycles. The van der Waals surface area contributed by atoms with E-state index in [2.05, 4.69) is 41.5 Å². The second-order valence-corrected chi connectivity index (χ2v) is 8.43. The van der Waals surface area contributed by atoms with Crippen LogP contribution in [0.25, 0.3) is 11.1 Å². The normalized spacial score (nSPS) is 17.3. The van der Waals surface area contributed by atoms with Crippen molar-refractivity contribution in [3.05, 3.63) is 59.3 Å². The molecule has 2 aromatic carbocycles. The van der Waals surface area contributed by atoms with Gasteiger partial charge in [0.1, 0.15) is 5.03 Å². The van der Waals surface area contributed by atoms with Gasteiger partial charge < -0.3 is 20.8 Å². The van der Waals surface area contributed by atoms with Crippen LogP contribution in [0, 0.1) is 0 Å². The Balaban J connectivity index is 1.70. The van der Waals surface area contributed by atoms with Crippen LogP contribution < -0.4 is 21.9 Å². The highest BCUT2D eigenvalue weighted by molar-refractivity contribution is 8.03. The summed E-state index contributed by atoms with van der Waals surface area (Å²) in [4.78, 5) is 15.3. The molecule has 5 N–H and O–H groups in total. The van der Waals surface area contributed by atoms with Crippen LogP contribution in [0.5, 0.6) is 0 Å². The summed E-state index contributed by atoms with van der Waals surface area (Å²) in [6.45, 7) is 5.42. The number of benzene rings is 2. The van der Waals surface area contributed by atoms with Gasteiger partial charge in [-0.2, -0.15) is 0 Å². The van der Waals surface area contributed by atoms with Gasteiger partial charge in [-0.3, -0.25) is 5.84 Å². The molecular formula is C23H30N4O2S. The third kappa shape index (κ3) is 5.29. The fourth-order valence-electron chi connectivity index (χ4n) is 3.65. The van der Waals surface area contributed by atoms with E-state index < -0.39 is 5.97 Å². The summed E-state index contributed by atoms with van der Waals surface area (Å²) >= 11 is 1.26. The van der Waals surface area contributed by atoms with Crippen molar-refractivity contribution in [2.24, 2.45) is 11.6 Å². The lowest BCUT2D eigenvalue weighted by atomic mass is 10.0. The number of rotatable bonds is 7. The average Bonchev–Trinajstić information content (AvgIpc) is 2.75. The number of hydrazine groups is 1. The predicted molar refractivity (Wildman–Crippen MR) is 124 cm³/mol. The molecule has 0 saturated carbocycles. The first-order chi connectivity index (χ1) is 14.5. The smallest absolute Gasteiger partial charge is 0.358 e. The molecule has 7 heteroatoms. The van der Waals surface area contributed by atoms with E-state index >= 15 is 0 Å². The third-order valence-corrected chi connectivity index (χ3v) is 6.22. The zero-order valence-corrected chi connectivity index (χ0v) is 18.4. The lowest BCUT2D eigenvalue weighted by Gasteiger charge is -2.35. The Kier molecular flexibility index (Phi) is 7.65. The molecule has 1 heterocycles. The molecule has 1 fully saturated rings. The van der Waals surface area contributed by atoms with E-state index in [0.717, 1.165) is 17.0 Å². The highest BCUT2D eigenvalue weighted by Crippen LogP contribution is 2.30. The summed E-state index contributed by atoms with van der Waals surface area (Å²) in [6, 6.07) is 17.4. The van der Waals surface area contributed by atoms with Crippen molar-refractivity contribution in [1.82, 2.24) is 5.43 Å². The molecular weight excluding hydrogens is 396 g/mol. The van der Waals surface area contributed by atoms with E-state index in [1.54, 1.807) is 6.92 Å². The van der Waals surface area contributed by atoms with Gasteiger partial charge in [0.15, 0.2) is 5.70 Å². The number of nitrogens with zero attached hydrogens (tertiary/aromatic N) is 1. The van der Waals surface area contributed by atoms with Gasteiger partial charge in [0.05, 0.1) is 6.61 Å². The number of nitrogens with one attached hydrogen (secondary N) is 1. The molecule has 0 bridgehead atoms. The fraction of sp³-hybridized carbons (Fsp3) is 0.348. The van der Waals surface area contributed by atoms with Gasteiger partial charge in [0.25, 0.3) is 0 Å². The van der Waals surface area contributed by atoms with Crippen molar-refractivity contribution in [1.29, 1.82) is 0 Å². The molecule has 6 nitrogen and oxygen atoms in total. The van der Waals surface area contributed by atoms with Crippen molar-refractivity contribution < 1.29 is 9.53 Å². The molecule has 0 aliphatic carbocycles. The van der Waals surface area contributed by atoms with Crippen LogP contribution in [0.15, 0.2) is 64.2 Å². The van der Waals surface area contributed by atoms with Crippen molar-refractivity contribution in [2.45, 2.75) is 44.0 Å². The van der Waals surface area contributed by atoms with Crippen LogP contribution in [-0.2, 0) is 9.53 Å². The molecule has 160 valence electrons.